The second-order valence-corrected chi connectivity index (χ2v) is 5.26. The maximum Gasteiger partial charge on any atom is 0.151 e. The van der Waals surface area contributed by atoms with E-state index in [1.54, 1.807) is 24.8 Å². The molecule has 1 aromatic carbocycles. The topological polar surface area (TPSA) is 30.7 Å². The van der Waals surface area contributed by atoms with Gasteiger partial charge in [0.2, 0.25) is 0 Å². The molecule has 3 aromatic rings. The summed E-state index contributed by atoms with van der Waals surface area (Å²) in [6.07, 6.45) is 5.21. The number of aryl methyl sites for hydroxylation is 1. The van der Waals surface area contributed by atoms with Crippen molar-refractivity contribution < 1.29 is 4.39 Å². The van der Waals surface area contributed by atoms with E-state index in [1.165, 1.54) is 0 Å². The Morgan fingerprint density at radius 3 is 2.75 bits per heavy atom. The average molecular weight is 269 g/mol. The van der Waals surface area contributed by atoms with Gasteiger partial charge in [-0.1, -0.05) is 0 Å². The number of hydrogen-bond donors (Lipinski definition) is 0. The van der Waals surface area contributed by atoms with Crippen LogP contribution in [0.5, 0.6) is 0 Å². The summed E-state index contributed by atoms with van der Waals surface area (Å²) in [6.45, 7) is 6.09. The number of nitrogens with zero attached hydrogens (tertiary/aromatic N) is 3. The Hall–Kier alpha value is -2.23. The van der Waals surface area contributed by atoms with Crippen molar-refractivity contribution >= 4 is 11.0 Å². The lowest BCUT2D eigenvalue weighted by Gasteiger charge is -2.10. The normalized spacial score (nSPS) is 11.4. The summed E-state index contributed by atoms with van der Waals surface area (Å²) in [5.74, 6) is -0.284. The number of benzene rings is 1. The molecule has 3 nitrogen and oxygen atoms in total. The summed E-state index contributed by atoms with van der Waals surface area (Å²) in [5.41, 5.74) is 4.14. The summed E-state index contributed by atoms with van der Waals surface area (Å²) in [7, 11) is 0. The smallest absolute Gasteiger partial charge is 0.151 e. The third kappa shape index (κ3) is 1.97. The first-order valence-corrected chi connectivity index (χ1v) is 6.65. The number of hydrogen-bond acceptors (Lipinski definition) is 2. The van der Waals surface area contributed by atoms with Crippen molar-refractivity contribution in [3.8, 4) is 11.1 Å². The van der Waals surface area contributed by atoms with Crippen LogP contribution in [-0.2, 0) is 0 Å². The highest BCUT2D eigenvalue weighted by Crippen LogP contribution is 2.29. The van der Waals surface area contributed by atoms with E-state index in [1.807, 2.05) is 23.6 Å². The second kappa shape index (κ2) is 4.71. The highest BCUT2D eigenvalue weighted by molar-refractivity contribution is 5.83. The summed E-state index contributed by atoms with van der Waals surface area (Å²) in [5, 5.41) is 0. The monoisotopic (exact) mass is 269 g/mol. The lowest BCUT2D eigenvalue weighted by molar-refractivity contribution is 0.617. The molecule has 0 saturated carbocycles. The van der Waals surface area contributed by atoms with Gasteiger partial charge >= 0.3 is 0 Å². The van der Waals surface area contributed by atoms with E-state index in [0.717, 1.165) is 22.2 Å². The van der Waals surface area contributed by atoms with Crippen LogP contribution < -0.4 is 0 Å². The summed E-state index contributed by atoms with van der Waals surface area (Å²) in [6, 6.07) is 5.69. The minimum atomic E-state index is -0.284. The maximum atomic E-state index is 14.2. The lowest BCUT2D eigenvalue weighted by Crippen LogP contribution is -1.98. The van der Waals surface area contributed by atoms with Crippen molar-refractivity contribution in [2.45, 2.75) is 26.8 Å². The van der Waals surface area contributed by atoms with Crippen LogP contribution in [-0.4, -0.2) is 14.5 Å². The quantitative estimate of drug-likeness (QED) is 0.700. The molecule has 2 heterocycles. The summed E-state index contributed by atoms with van der Waals surface area (Å²) < 4.78 is 16.2. The van der Waals surface area contributed by atoms with Gasteiger partial charge in [-0.05, 0) is 55.7 Å². The van der Waals surface area contributed by atoms with Crippen LogP contribution in [0.3, 0.4) is 0 Å². The molecule has 0 aliphatic rings. The fourth-order valence-electron chi connectivity index (χ4n) is 2.46. The van der Waals surface area contributed by atoms with E-state index >= 15 is 0 Å². The van der Waals surface area contributed by atoms with Crippen molar-refractivity contribution in [2.75, 3.05) is 0 Å². The Labute approximate surface area is 117 Å². The number of pyridine rings is 1. The van der Waals surface area contributed by atoms with E-state index < -0.39 is 0 Å². The first-order valence-electron chi connectivity index (χ1n) is 6.65. The van der Waals surface area contributed by atoms with E-state index in [2.05, 4.69) is 23.8 Å². The van der Waals surface area contributed by atoms with Gasteiger partial charge in [0.25, 0.3) is 0 Å². The van der Waals surface area contributed by atoms with Crippen LogP contribution in [0.1, 0.15) is 25.5 Å². The zero-order valence-electron chi connectivity index (χ0n) is 11.8. The molecule has 0 N–H and O–H groups in total. The predicted molar refractivity (Wildman–Crippen MR) is 78.0 cm³/mol. The molecule has 0 aliphatic heterocycles. The molecule has 102 valence electrons. The third-order valence-electron chi connectivity index (χ3n) is 3.52. The number of halogens is 1. The fourth-order valence-corrected chi connectivity index (χ4v) is 2.46. The first kappa shape index (κ1) is 12.8. The maximum absolute atomic E-state index is 14.2. The van der Waals surface area contributed by atoms with E-state index in [0.29, 0.717) is 5.52 Å². The van der Waals surface area contributed by atoms with Gasteiger partial charge in [0.15, 0.2) is 5.82 Å². The standard InChI is InChI=1S/C16H16FN3/c1-10(2)20-9-19-16-14(17)6-12(7-15(16)20)13-4-5-18-8-11(13)3/h4-10H,1-3H3. The van der Waals surface area contributed by atoms with Crippen molar-refractivity contribution in [1.82, 2.24) is 14.5 Å². The molecular formula is C16H16FN3. The molecule has 4 heteroatoms. The van der Waals surface area contributed by atoms with Crippen LogP contribution in [0.25, 0.3) is 22.2 Å². The number of fused-ring (bicyclic) bond motifs is 1. The van der Waals surface area contributed by atoms with Crippen LogP contribution >= 0.6 is 0 Å². The van der Waals surface area contributed by atoms with Crippen molar-refractivity contribution in [1.29, 1.82) is 0 Å². The SMILES string of the molecule is Cc1cnccc1-c1cc(F)c2ncn(C(C)C)c2c1. The Morgan fingerprint density at radius 2 is 2.05 bits per heavy atom. The summed E-state index contributed by atoms with van der Waals surface area (Å²) >= 11 is 0. The molecule has 0 radical (unpaired) electrons. The number of aromatic nitrogens is 3. The van der Waals surface area contributed by atoms with Gasteiger partial charge in [-0.15, -0.1) is 0 Å². The predicted octanol–water partition coefficient (Wildman–Crippen LogP) is 4.13. The Morgan fingerprint density at radius 1 is 1.25 bits per heavy atom. The zero-order valence-corrected chi connectivity index (χ0v) is 11.8. The molecule has 0 bridgehead atoms. The molecule has 3 rings (SSSR count). The molecule has 2 aromatic heterocycles. The van der Waals surface area contributed by atoms with Crippen molar-refractivity contribution in [3.63, 3.8) is 0 Å². The van der Waals surface area contributed by atoms with Gasteiger partial charge in [0.1, 0.15) is 5.52 Å². The Balaban J connectivity index is 2.28. The van der Waals surface area contributed by atoms with Gasteiger partial charge < -0.3 is 4.57 Å². The van der Waals surface area contributed by atoms with Gasteiger partial charge in [0.05, 0.1) is 11.8 Å². The molecule has 0 saturated heterocycles. The molecule has 0 amide bonds. The van der Waals surface area contributed by atoms with Crippen molar-refractivity contribution in [3.05, 3.63) is 48.3 Å². The molecule has 0 atom stereocenters. The van der Waals surface area contributed by atoms with Gasteiger partial charge in [-0.2, -0.15) is 0 Å². The number of imidazole rings is 1. The minimum Gasteiger partial charge on any atom is -0.328 e. The lowest BCUT2D eigenvalue weighted by atomic mass is 10.0. The van der Waals surface area contributed by atoms with E-state index in [9.17, 15) is 4.39 Å². The molecule has 20 heavy (non-hydrogen) atoms. The number of rotatable bonds is 2. The summed E-state index contributed by atoms with van der Waals surface area (Å²) in [4.78, 5) is 8.25. The highest BCUT2D eigenvalue weighted by Gasteiger charge is 2.13. The van der Waals surface area contributed by atoms with Gasteiger partial charge in [-0.25, -0.2) is 9.37 Å². The second-order valence-electron chi connectivity index (χ2n) is 5.26. The van der Waals surface area contributed by atoms with Crippen LogP contribution in [0.2, 0.25) is 0 Å². The molecule has 0 aliphatic carbocycles. The van der Waals surface area contributed by atoms with Gasteiger partial charge in [0, 0.05) is 18.4 Å². The third-order valence-corrected chi connectivity index (χ3v) is 3.52. The largest absolute Gasteiger partial charge is 0.328 e. The average Bonchev–Trinajstić information content (AvgIpc) is 2.83. The first-order chi connectivity index (χ1) is 9.58. The van der Waals surface area contributed by atoms with E-state index in [-0.39, 0.29) is 11.9 Å². The van der Waals surface area contributed by atoms with Crippen molar-refractivity contribution in [2.24, 2.45) is 0 Å². The molecule has 0 spiro atoms. The highest BCUT2D eigenvalue weighted by atomic mass is 19.1. The Kier molecular flexibility index (Phi) is 3.01. The van der Waals surface area contributed by atoms with E-state index in [4.69, 9.17) is 0 Å². The van der Waals surface area contributed by atoms with Crippen LogP contribution in [0, 0.1) is 12.7 Å². The molecule has 0 unspecified atom stereocenters. The molecular weight excluding hydrogens is 253 g/mol. The minimum absolute atomic E-state index is 0.244. The zero-order chi connectivity index (χ0) is 14.3. The van der Waals surface area contributed by atoms with Crippen LogP contribution in [0.4, 0.5) is 4.39 Å². The fraction of sp³-hybridized carbons (Fsp3) is 0.250. The van der Waals surface area contributed by atoms with Gasteiger partial charge in [-0.3, -0.25) is 4.98 Å². The Bertz CT molecular complexity index is 774. The van der Waals surface area contributed by atoms with Crippen LogP contribution in [0.15, 0.2) is 36.9 Å². The molecule has 0 fully saturated rings.